The number of hydrogen-bond acceptors (Lipinski definition) is 8. The van der Waals surface area contributed by atoms with Crippen LogP contribution in [0.25, 0.3) is 22.3 Å². The van der Waals surface area contributed by atoms with Gasteiger partial charge in [-0.05, 0) is 72.5 Å². The summed E-state index contributed by atoms with van der Waals surface area (Å²) in [5.74, 6) is -0.191. The van der Waals surface area contributed by atoms with Gasteiger partial charge in [-0.15, -0.1) is 22.7 Å². The molecule has 1 aromatic carbocycles. The van der Waals surface area contributed by atoms with Crippen molar-refractivity contribution >= 4 is 80.1 Å². The maximum Gasteiger partial charge on any atom is 0.345 e. The molecule has 0 radical (unpaired) electrons. The fraction of sp³-hybridized carbons (Fsp3) is 0.686. The van der Waals surface area contributed by atoms with E-state index < -0.39 is 11.9 Å². The lowest BCUT2D eigenvalue weighted by Crippen LogP contribution is -2.32. The maximum atomic E-state index is 14.9. The third kappa shape index (κ3) is 18.0. The third-order valence-corrected chi connectivity index (χ3v) is 19.8. The first-order valence-corrected chi connectivity index (χ1v) is 35.0. The van der Waals surface area contributed by atoms with Crippen molar-refractivity contribution < 1.29 is 28.7 Å². The van der Waals surface area contributed by atoms with E-state index in [9.17, 15) is 19.2 Å². The number of carbonyl (C=O) groups is 4. The highest BCUT2D eigenvalue weighted by Crippen LogP contribution is 2.53. The van der Waals surface area contributed by atoms with Gasteiger partial charge < -0.3 is 19.3 Å². The van der Waals surface area contributed by atoms with Crippen LogP contribution in [0.15, 0.2) is 35.0 Å². The van der Waals surface area contributed by atoms with E-state index in [0.29, 0.717) is 47.2 Å². The second-order valence-corrected chi connectivity index (χ2v) is 26.3. The number of rotatable bonds is 44. The number of unbranched alkanes of at least 4 members (excludes halogenated alkanes) is 32. The lowest BCUT2D eigenvalue weighted by molar-refractivity contribution is -0.127. The molecule has 6 heterocycles. The molecule has 2 unspecified atom stereocenters. The molecule has 442 valence electrons. The molecule has 2 atom stereocenters. The van der Waals surface area contributed by atoms with Crippen molar-refractivity contribution in [3.63, 3.8) is 0 Å². The fourth-order valence-electron chi connectivity index (χ4n) is 13.2. The number of nitrogens with zero attached hydrogens (tertiary/aromatic N) is 2. The zero-order valence-electron chi connectivity index (χ0n) is 50.5. The van der Waals surface area contributed by atoms with Crippen molar-refractivity contribution in [1.82, 2.24) is 0 Å². The number of amides is 2. The summed E-state index contributed by atoms with van der Waals surface area (Å²) in [6, 6.07) is 7.45. The number of ether oxygens (including phenoxy) is 2. The Morgan fingerprint density at radius 3 is 0.900 bits per heavy atom. The summed E-state index contributed by atoms with van der Waals surface area (Å²) < 4.78 is 12.1. The van der Waals surface area contributed by atoms with E-state index in [0.717, 1.165) is 46.8 Å². The first-order chi connectivity index (χ1) is 39.3. The minimum atomic E-state index is -0.580. The average molecular weight is 1130 g/mol. The molecular weight excluding hydrogens is 1030 g/mol. The molecule has 8 nitrogen and oxygen atoms in total. The zero-order valence-corrected chi connectivity index (χ0v) is 52.1. The van der Waals surface area contributed by atoms with Crippen LogP contribution in [0.2, 0.25) is 0 Å². The summed E-state index contributed by atoms with van der Waals surface area (Å²) in [4.78, 5) is 63.7. The summed E-state index contributed by atoms with van der Waals surface area (Å²) >= 11 is 2.97. The second kappa shape index (κ2) is 35.2. The Morgan fingerprint density at radius 1 is 0.362 bits per heavy atom. The molecule has 4 aliphatic heterocycles. The van der Waals surface area contributed by atoms with Crippen LogP contribution < -0.4 is 19.3 Å². The van der Waals surface area contributed by atoms with Crippen LogP contribution in [0.3, 0.4) is 0 Å². The van der Waals surface area contributed by atoms with Gasteiger partial charge in [-0.2, -0.15) is 0 Å². The van der Waals surface area contributed by atoms with Crippen LogP contribution in [-0.4, -0.2) is 36.8 Å². The van der Waals surface area contributed by atoms with Crippen LogP contribution >= 0.6 is 22.7 Å². The standard InChI is InChI=1S/C70H104N2O6S2/c1-5-9-13-17-21-25-27-31-35-39-43-53(41-37-33-29-23-19-15-11-7-3)51-71-57-45-47-79-65(57)63(67(71)73)61-55-49-60-56(50-59(55)77-69(61)75)62(70(76)78-60)64-66-58(46-48-80-66)72(68(64)74)52-54(42-38-34-30-24-20-16-12-8-4)44-40-36-32-28-26-22-18-14-10-6-2/h45-50,53-54H,5-44,51-52H2,1-4H3/b63-61-,64-62+. The Kier molecular flexibility index (Phi) is 28.0. The molecule has 10 heteroatoms. The Morgan fingerprint density at radius 2 is 0.625 bits per heavy atom. The van der Waals surface area contributed by atoms with Crippen molar-refractivity contribution in [2.24, 2.45) is 11.8 Å². The molecular formula is C70H104N2O6S2. The Balaban J connectivity index is 1.05. The molecule has 4 aliphatic rings. The van der Waals surface area contributed by atoms with Gasteiger partial charge in [-0.1, -0.05) is 259 Å². The molecule has 7 rings (SSSR count). The Labute approximate surface area is 492 Å². The number of fused-ring (bicyclic) bond motifs is 4. The van der Waals surface area contributed by atoms with Crippen molar-refractivity contribution in [3.05, 3.63) is 55.9 Å². The Bertz CT molecular complexity index is 2290. The van der Waals surface area contributed by atoms with Crippen LogP contribution in [0.4, 0.5) is 11.4 Å². The van der Waals surface area contributed by atoms with Crippen molar-refractivity contribution in [1.29, 1.82) is 0 Å². The predicted octanol–water partition coefficient (Wildman–Crippen LogP) is 21.1. The topological polar surface area (TPSA) is 93.2 Å². The first kappa shape index (κ1) is 63.6. The minimum absolute atomic E-state index is 0.160. The SMILES string of the molecule is CCCCCCCCCCCCC(CCCCCCCCCC)CN1C(=O)/C(=C2/C(=O)Oc3cc4c(cc32)OC(=O)/C4=C2\C(=O)N(CC(CCCCCCCCCC)CCCCCCCCCCCC)c3ccsc32)c2sccc21. The molecule has 0 N–H and O–H groups in total. The number of esters is 2. The molecule has 2 amide bonds. The third-order valence-electron chi connectivity index (χ3n) is 17.9. The Hall–Kier alpha value is -4.02. The normalized spacial score (nSPS) is 17.2. The van der Waals surface area contributed by atoms with Crippen LogP contribution in [0, 0.1) is 11.8 Å². The van der Waals surface area contributed by atoms with E-state index in [1.165, 1.54) is 254 Å². The molecule has 0 saturated heterocycles. The van der Waals surface area contributed by atoms with E-state index in [1.54, 1.807) is 12.1 Å². The molecule has 0 aliphatic carbocycles. The smallest absolute Gasteiger partial charge is 0.345 e. The number of anilines is 2. The highest BCUT2D eigenvalue weighted by Gasteiger charge is 2.46. The summed E-state index contributed by atoms with van der Waals surface area (Å²) in [5, 5.41) is 4.03. The van der Waals surface area contributed by atoms with Crippen LogP contribution in [0.5, 0.6) is 11.5 Å². The van der Waals surface area contributed by atoms with Gasteiger partial charge in [0.1, 0.15) is 11.5 Å². The van der Waals surface area contributed by atoms with Gasteiger partial charge in [-0.25, -0.2) is 9.59 Å². The molecule has 0 bridgehead atoms. The van der Waals surface area contributed by atoms with Gasteiger partial charge in [0.25, 0.3) is 11.8 Å². The van der Waals surface area contributed by atoms with Gasteiger partial charge in [-0.3, -0.25) is 9.59 Å². The summed E-state index contributed by atoms with van der Waals surface area (Å²) in [6.45, 7) is 10.3. The number of carbonyl (C=O) groups excluding carboxylic acids is 4. The van der Waals surface area contributed by atoms with Crippen LogP contribution in [0.1, 0.15) is 305 Å². The van der Waals surface area contributed by atoms with E-state index in [2.05, 4.69) is 27.7 Å². The molecule has 2 aromatic heterocycles. The van der Waals surface area contributed by atoms with Gasteiger partial charge in [0.2, 0.25) is 0 Å². The highest BCUT2D eigenvalue weighted by molar-refractivity contribution is 7.13. The average Bonchev–Trinajstić information content (AvgIpc) is 4.51. The predicted molar refractivity (Wildman–Crippen MR) is 339 cm³/mol. The fourth-order valence-corrected chi connectivity index (χ4v) is 15.0. The van der Waals surface area contributed by atoms with Crippen molar-refractivity contribution in [3.8, 4) is 11.5 Å². The molecule has 0 spiro atoms. The van der Waals surface area contributed by atoms with Gasteiger partial charge in [0.05, 0.1) is 43.4 Å². The first-order valence-electron chi connectivity index (χ1n) is 33.2. The quantitative estimate of drug-likeness (QED) is 0.0242. The van der Waals surface area contributed by atoms with E-state index >= 15 is 0 Å². The van der Waals surface area contributed by atoms with Gasteiger partial charge in [0.15, 0.2) is 0 Å². The maximum absolute atomic E-state index is 14.9. The van der Waals surface area contributed by atoms with E-state index in [4.69, 9.17) is 9.47 Å². The van der Waals surface area contributed by atoms with E-state index in [-0.39, 0.29) is 34.5 Å². The lowest BCUT2D eigenvalue weighted by atomic mass is 9.93. The molecule has 0 saturated carbocycles. The number of thiophene rings is 2. The molecule has 0 fully saturated rings. The van der Waals surface area contributed by atoms with Crippen molar-refractivity contribution in [2.45, 2.75) is 285 Å². The van der Waals surface area contributed by atoms with Crippen LogP contribution in [-0.2, 0) is 19.2 Å². The molecule has 80 heavy (non-hydrogen) atoms. The summed E-state index contributed by atoms with van der Waals surface area (Å²) in [7, 11) is 0. The zero-order chi connectivity index (χ0) is 56.3. The minimum Gasteiger partial charge on any atom is -0.422 e. The van der Waals surface area contributed by atoms with Gasteiger partial charge in [0, 0.05) is 24.2 Å². The monoisotopic (exact) mass is 1130 g/mol. The molecule has 3 aromatic rings. The highest BCUT2D eigenvalue weighted by atomic mass is 32.1. The number of benzene rings is 1. The van der Waals surface area contributed by atoms with Crippen molar-refractivity contribution in [2.75, 3.05) is 22.9 Å². The lowest BCUT2D eigenvalue weighted by Gasteiger charge is -2.24. The summed E-state index contributed by atoms with van der Waals surface area (Å²) in [6.07, 6.45) is 50.8. The second-order valence-electron chi connectivity index (χ2n) is 24.4. The summed E-state index contributed by atoms with van der Waals surface area (Å²) in [5.41, 5.74) is 3.82. The number of hydrogen-bond donors (Lipinski definition) is 0. The largest absolute Gasteiger partial charge is 0.422 e. The van der Waals surface area contributed by atoms with Gasteiger partial charge >= 0.3 is 11.9 Å². The van der Waals surface area contributed by atoms with E-state index in [1.807, 2.05) is 32.7 Å².